The van der Waals surface area contributed by atoms with Crippen LogP contribution in [0.2, 0.25) is 0 Å². The van der Waals surface area contributed by atoms with Crippen LogP contribution in [0.25, 0.3) is 0 Å². The van der Waals surface area contributed by atoms with E-state index in [1.165, 1.54) is 0 Å². The van der Waals surface area contributed by atoms with Gasteiger partial charge in [0.25, 0.3) is 0 Å². The Labute approximate surface area is 152 Å². The maximum absolute atomic E-state index is 12.1. The number of carbonyl (C=O) groups is 1. The van der Waals surface area contributed by atoms with Crippen LogP contribution in [0.15, 0.2) is 42.5 Å². The van der Waals surface area contributed by atoms with Crippen LogP contribution in [0.3, 0.4) is 0 Å². The van der Waals surface area contributed by atoms with Crippen molar-refractivity contribution in [3.63, 3.8) is 0 Å². The summed E-state index contributed by atoms with van der Waals surface area (Å²) >= 11 is 0. The van der Waals surface area contributed by atoms with E-state index in [-0.39, 0.29) is 12.1 Å². The fourth-order valence-electron chi connectivity index (χ4n) is 2.63. The number of ether oxygens (including phenoxy) is 4. The lowest BCUT2D eigenvalue weighted by atomic mass is 10.2. The smallest absolute Gasteiger partial charge is 0.315 e. The summed E-state index contributed by atoms with van der Waals surface area (Å²) in [5.74, 6) is 2.80. The monoisotopic (exact) mass is 358 g/mol. The predicted octanol–water partition coefficient (Wildman–Crippen LogP) is 2.34. The molecule has 0 unspecified atom stereocenters. The van der Waals surface area contributed by atoms with Gasteiger partial charge >= 0.3 is 6.03 Å². The molecule has 0 bridgehead atoms. The molecule has 0 saturated carbocycles. The minimum absolute atomic E-state index is 0.234. The number of urea groups is 1. The average Bonchev–Trinajstić information content (AvgIpc) is 2.70. The standard InChI is InChI=1S/C19H22N2O5/c1-23-14-7-8-16(24-2)13(9-14)10-20-19(22)21-11-15-12-25-17-5-3-4-6-18(17)26-15/h3-9,15H,10-12H2,1-2H3,(H2,20,21,22)/t15-/m0/s1. The molecule has 7 heteroatoms. The van der Waals surface area contributed by atoms with Crippen LogP contribution in [-0.2, 0) is 6.54 Å². The molecule has 1 heterocycles. The predicted molar refractivity (Wildman–Crippen MR) is 96.1 cm³/mol. The van der Waals surface area contributed by atoms with E-state index in [9.17, 15) is 4.79 Å². The Morgan fingerprint density at radius 1 is 1.12 bits per heavy atom. The Morgan fingerprint density at radius 3 is 2.69 bits per heavy atom. The van der Waals surface area contributed by atoms with E-state index < -0.39 is 0 Å². The topological polar surface area (TPSA) is 78.1 Å². The summed E-state index contributed by atoms with van der Waals surface area (Å²) in [7, 11) is 3.18. The zero-order chi connectivity index (χ0) is 18.4. The van der Waals surface area contributed by atoms with E-state index >= 15 is 0 Å². The Kier molecular flexibility index (Phi) is 5.68. The molecule has 0 aromatic heterocycles. The zero-order valence-corrected chi connectivity index (χ0v) is 14.8. The van der Waals surface area contributed by atoms with Gasteiger partial charge in [0, 0.05) is 12.1 Å². The number of fused-ring (bicyclic) bond motifs is 1. The number of amides is 2. The van der Waals surface area contributed by atoms with Crippen LogP contribution in [-0.4, -0.2) is 39.5 Å². The van der Waals surface area contributed by atoms with Gasteiger partial charge in [0.2, 0.25) is 0 Å². The molecule has 2 amide bonds. The average molecular weight is 358 g/mol. The van der Waals surface area contributed by atoms with Crippen LogP contribution in [0, 0.1) is 0 Å². The molecule has 0 aliphatic carbocycles. The van der Waals surface area contributed by atoms with Crippen molar-refractivity contribution in [3.05, 3.63) is 48.0 Å². The van der Waals surface area contributed by atoms with E-state index in [0.717, 1.165) is 11.3 Å². The third-order valence-corrected chi connectivity index (χ3v) is 3.98. The zero-order valence-electron chi connectivity index (χ0n) is 14.8. The first-order valence-electron chi connectivity index (χ1n) is 8.30. The molecule has 1 aliphatic rings. The van der Waals surface area contributed by atoms with E-state index in [1.54, 1.807) is 26.4 Å². The number of hydrogen-bond donors (Lipinski definition) is 2. The maximum atomic E-state index is 12.1. The van der Waals surface area contributed by atoms with Crippen molar-refractivity contribution in [2.45, 2.75) is 12.6 Å². The van der Waals surface area contributed by atoms with Gasteiger partial charge in [-0.05, 0) is 30.3 Å². The van der Waals surface area contributed by atoms with Crippen molar-refractivity contribution in [3.8, 4) is 23.0 Å². The summed E-state index contributed by atoms with van der Waals surface area (Å²) in [4.78, 5) is 12.1. The minimum atomic E-state index is -0.294. The summed E-state index contributed by atoms with van der Waals surface area (Å²) in [6, 6.07) is 12.6. The molecule has 0 radical (unpaired) electrons. The Bertz CT molecular complexity index is 765. The van der Waals surface area contributed by atoms with Gasteiger partial charge in [-0.3, -0.25) is 0 Å². The first-order valence-corrected chi connectivity index (χ1v) is 8.30. The van der Waals surface area contributed by atoms with Gasteiger partial charge in [-0.25, -0.2) is 4.79 Å². The first-order chi connectivity index (χ1) is 12.7. The van der Waals surface area contributed by atoms with Crippen LogP contribution >= 0.6 is 0 Å². The highest BCUT2D eigenvalue weighted by Gasteiger charge is 2.21. The fourth-order valence-corrected chi connectivity index (χ4v) is 2.63. The van der Waals surface area contributed by atoms with Crippen LogP contribution in [0.1, 0.15) is 5.56 Å². The molecule has 26 heavy (non-hydrogen) atoms. The lowest BCUT2D eigenvalue weighted by Gasteiger charge is -2.26. The third kappa shape index (κ3) is 4.30. The molecule has 3 rings (SSSR count). The van der Waals surface area contributed by atoms with Crippen molar-refractivity contribution < 1.29 is 23.7 Å². The molecule has 1 aliphatic heterocycles. The van der Waals surface area contributed by atoms with Gasteiger partial charge in [-0.2, -0.15) is 0 Å². The third-order valence-electron chi connectivity index (χ3n) is 3.98. The summed E-state index contributed by atoms with van der Waals surface area (Å²) in [5, 5.41) is 5.59. The fraction of sp³-hybridized carbons (Fsp3) is 0.316. The second-order valence-corrected chi connectivity index (χ2v) is 5.74. The molecule has 2 aromatic carbocycles. The Hall–Kier alpha value is -3.09. The van der Waals surface area contributed by atoms with Gasteiger partial charge in [0.15, 0.2) is 17.6 Å². The molecular formula is C19H22N2O5. The van der Waals surface area contributed by atoms with E-state index in [1.807, 2.05) is 30.3 Å². The normalized spacial score (nSPS) is 15.1. The van der Waals surface area contributed by atoms with E-state index in [0.29, 0.717) is 36.9 Å². The molecule has 0 fully saturated rings. The van der Waals surface area contributed by atoms with Crippen molar-refractivity contribution in [1.82, 2.24) is 10.6 Å². The maximum Gasteiger partial charge on any atom is 0.315 e. The first kappa shape index (κ1) is 17.7. The van der Waals surface area contributed by atoms with Crippen LogP contribution in [0.5, 0.6) is 23.0 Å². The minimum Gasteiger partial charge on any atom is -0.497 e. The van der Waals surface area contributed by atoms with Gasteiger partial charge in [-0.15, -0.1) is 0 Å². The highest BCUT2D eigenvalue weighted by Crippen LogP contribution is 2.30. The number of rotatable bonds is 6. The number of nitrogens with one attached hydrogen (secondary N) is 2. The number of carbonyl (C=O) groups excluding carboxylic acids is 1. The highest BCUT2D eigenvalue weighted by molar-refractivity contribution is 5.74. The van der Waals surface area contributed by atoms with Gasteiger partial charge < -0.3 is 29.6 Å². The summed E-state index contributed by atoms with van der Waals surface area (Å²) < 4.78 is 21.9. The van der Waals surface area contributed by atoms with Crippen molar-refractivity contribution in [2.75, 3.05) is 27.4 Å². The molecule has 2 N–H and O–H groups in total. The second-order valence-electron chi connectivity index (χ2n) is 5.74. The van der Waals surface area contributed by atoms with Crippen molar-refractivity contribution in [1.29, 1.82) is 0 Å². The Balaban J connectivity index is 1.48. The highest BCUT2D eigenvalue weighted by atomic mass is 16.6. The van der Waals surface area contributed by atoms with Crippen molar-refractivity contribution in [2.24, 2.45) is 0 Å². The summed E-state index contributed by atoms with van der Waals surface area (Å²) in [6.45, 7) is 1.05. The van der Waals surface area contributed by atoms with Crippen molar-refractivity contribution >= 4 is 6.03 Å². The lowest BCUT2D eigenvalue weighted by Crippen LogP contribution is -2.44. The number of para-hydroxylation sites is 2. The number of benzene rings is 2. The second kappa shape index (κ2) is 8.33. The SMILES string of the molecule is COc1ccc(OC)c(CNC(=O)NC[C@H]2COc3ccccc3O2)c1. The van der Waals surface area contributed by atoms with Gasteiger partial charge in [-0.1, -0.05) is 12.1 Å². The van der Waals surface area contributed by atoms with Gasteiger partial charge in [0.05, 0.1) is 20.8 Å². The molecule has 0 saturated heterocycles. The molecular weight excluding hydrogens is 336 g/mol. The van der Waals surface area contributed by atoms with E-state index in [2.05, 4.69) is 10.6 Å². The Morgan fingerprint density at radius 2 is 1.92 bits per heavy atom. The molecule has 2 aromatic rings. The van der Waals surface area contributed by atoms with Gasteiger partial charge in [0.1, 0.15) is 18.1 Å². The number of methoxy groups -OCH3 is 2. The van der Waals surface area contributed by atoms with Crippen LogP contribution < -0.4 is 29.6 Å². The van der Waals surface area contributed by atoms with Crippen LogP contribution in [0.4, 0.5) is 4.79 Å². The molecule has 1 atom stereocenters. The quantitative estimate of drug-likeness (QED) is 0.829. The molecule has 0 spiro atoms. The summed E-state index contributed by atoms with van der Waals surface area (Å²) in [6.07, 6.45) is -0.234. The molecule has 138 valence electrons. The summed E-state index contributed by atoms with van der Waals surface area (Å²) in [5.41, 5.74) is 0.827. The largest absolute Gasteiger partial charge is 0.497 e. The molecule has 7 nitrogen and oxygen atoms in total. The van der Waals surface area contributed by atoms with E-state index in [4.69, 9.17) is 18.9 Å². The number of hydrogen-bond acceptors (Lipinski definition) is 5. The lowest BCUT2D eigenvalue weighted by molar-refractivity contribution is 0.0918.